The molecule has 9 N–H and O–H groups in total. The zero-order chi connectivity index (χ0) is 22.2. The van der Waals surface area contributed by atoms with Gasteiger partial charge in [-0.25, -0.2) is 14.4 Å². The van der Waals surface area contributed by atoms with E-state index in [0.717, 1.165) is 0 Å². The van der Waals surface area contributed by atoms with Crippen molar-refractivity contribution in [3.05, 3.63) is 0 Å². The van der Waals surface area contributed by atoms with Crippen molar-refractivity contribution in [3.63, 3.8) is 0 Å². The number of carbonyl (C=O) groups excluding carboxylic acids is 3. The Labute approximate surface area is 178 Å². The summed E-state index contributed by atoms with van der Waals surface area (Å²) in [5, 5.41) is 26.2. The predicted octanol–water partition coefficient (Wildman–Crippen LogP) is -2.17. The van der Waals surface area contributed by atoms with E-state index in [0.29, 0.717) is 58.5 Å². The van der Waals surface area contributed by atoms with Gasteiger partial charge in [0.25, 0.3) is 0 Å². The normalized spacial score (nSPS) is 24.1. The molecule has 0 radical (unpaired) electrons. The average molecular weight is 430 g/mol. The first-order chi connectivity index (χ1) is 14.5. The van der Waals surface area contributed by atoms with Crippen molar-refractivity contribution in [2.24, 2.45) is 0 Å². The number of amides is 6. The highest BCUT2D eigenvalue weighted by atomic mass is 16.2. The van der Waals surface area contributed by atoms with Gasteiger partial charge in [-0.15, -0.1) is 0 Å². The van der Waals surface area contributed by atoms with Crippen LogP contribution >= 0.6 is 0 Å². The minimum atomic E-state index is -0.336. The van der Waals surface area contributed by atoms with Crippen LogP contribution in [0.1, 0.15) is 19.3 Å². The number of hydrogen-bond donors (Lipinski definition) is 9. The molecule has 3 atom stereocenters. The fourth-order valence-corrected chi connectivity index (χ4v) is 2.99. The zero-order valence-electron chi connectivity index (χ0n) is 18.3. The first-order valence-electron chi connectivity index (χ1n) is 10.5. The van der Waals surface area contributed by atoms with Gasteiger partial charge in [-0.05, 0) is 60.0 Å². The first kappa shape index (κ1) is 25.7. The van der Waals surface area contributed by atoms with E-state index >= 15 is 0 Å². The molecule has 1 rings (SSSR count). The van der Waals surface area contributed by atoms with Crippen molar-refractivity contribution in [2.45, 2.75) is 37.4 Å². The molecule has 0 aromatic heterocycles. The first-order valence-corrected chi connectivity index (χ1v) is 10.5. The van der Waals surface area contributed by atoms with Crippen LogP contribution < -0.4 is 47.9 Å². The van der Waals surface area contributed by atoms with Crippen LogP contribution in [0.4, 0.5) is 14.4 Å². The Morgan fingerprint density at radius 1 is 0.600 bits per heavy atom. The van der Waals surface area contributed by atoms with Crippen LogP contribution in [-0.2, 0) is 0 Å². The number of carbonyl (C=O) groups is 3. The van der Waals surface area contributed by atoms with Gasteiger partial charge in [-0.2, -0.15) is 0 Å². The molecular formula is C18H39N9O3. The van der Waals surface area contributed by atoms with E-state index in [1.165, 1.54) is 0 Å². The summed E-state index contributed by atoms with van der Waals surface area (Å²) >= 11 is 0. The van der Waals surface area contributed by atoms with Crippen LogP contribution in [0.15, 0.2) is 0 Å². The molecule has 12 nitrogen and oxygen atoms in total. The zero-order valence-corrected chi connectivity index (χ0v) is 18.3. The fraction of sp³-hybridized carbons (Fsp3) is 0.833. The van der Waals surface area contributed by atoms with Gasteiger partial charge >= 0.3 is 18.1 Å². The molecule has 0 saturated carbocycles. The van der Waals surface area contributed by atoms with Gasteiger partial charge in [0.1, 0.15) is 0 Å². The van der Waals surface area contributed by atoms with Gasteiger partial charge in [-0.3, -0.25) is 0 Å². The van der Waals surface area contributed by atoms with Gasteiger partial charge in [-0.1, -0.05) is 0 Å². The molecule has 30 heavy (non-hydrogen) atoms. The van der Waals surface area contributed by atoms with Crippen LogP contribution in [0.25, 0.3) is 0 Å². The van der Waals surface area contributed by atoms with Gasteiger partial charge in [0, 0.05) is 37.8 Å². The molecular weight excluding hydrogens is 390 g/mol. The second-order valence-corrected chi connectivity index (χ2v) is 7.33. The van der Waals surface area contributed by atoms with Gasteiger partial charge in [0.2, 0.25) is 0 Å². The van der Waals surface area contributed by atoms with E-state index in [4.69, 9.17) is 0 Å². The van der Waals surface area contributed by atoms with Gasteiger partial charge < -0.3 is 47.9 Å². The van der Waals surface area contributed by atoms with E-state index in [1.807, 2.05) is 21.1 Å². The van der Waals surface area contributed by atoms with E-state index in [2.05, 4.69) is 47.9 Å². The fourth-order valence-electron chi connectivity index (χ4n) is 2.99. The molecule has 0 aliphatic carbocycles. The number of nitrogens with one attached hydrogen (secondary N) is 9. The SMILES string of the molecule is CNCCC1CNC(=O)NC(CCNC)CNC(=O)NC(CCNC)CNC(=O)N1. The molecule has 1 fully saturated rings. The van der Waals surface area contributed by atoms with E-state index < -0.39 is 0 Å². The Morgan fingerprint density at radius 2 is 0.867 bits per heavy atom. The third kappa shape index (κ3) is 11.6. The third-order valence-corrected chi connectivity index (χ3v) is 4.76. The monoisotopic (exact) mass is 429 g/mol. The lowest BCUT2D eigenvalue weighted by Crippen LogP contribution is -2.52. The second kappa shape index (κ2) is 15.5. The van der Waals surface area contributed by atoms with Crippen molar-refractivity contribution in [3.8, 4) is 0 Å². The number of hydrogen-bond acceptors (Lipinski definition) is 6. The van der Waals surface area contributed by atoms with Crippen LogP contribution in [0.2, 0.25) is 0 Å². The number of rotatable bonds is 9. The van der Waals surface area contributed by atoms with Crippen molar-refractivity contribution in [2.75, 3.05) is 60.4 Å². The van der Waals surface area contributed by atoms with Crippen molar-refractivity contribution >= 4 is 18.1 Å². The Bertz CT molecular complexity index is 450. The smallest absolute Gasteiger partial charge is 0.315 e. The number of urea groups is 3. The lowest BCUT2D eigenvalue weighted by Gasteiger charge is -2.22. The Morgan fingerprint density at radius 3 is 1.10 bits per heavy atom. The van der Waals surface area contributed by atoms with E-state index in [-0.39, 0.29) is 36.2 Å². The highest BCUT2D eigenvalue weighted by Gasteiger charge is 2.19. The maximum absolute atomic E-state index is 12.3. The van der Waals surface area contributed by atoms with Gasteiger partial charge in [0.05, 0.1) is 0 Å². The largest absolute Gasteiger partial charge is 0.336 e. The maximum atomic E-state index is 12.3. The molecule has 1 aliphatic heterocycles. The standard InChI is InChI=1S/C18H39N9O3/c1-19-7-4-13-10-22-17(29)26-15(6-9-21-3)12-24-18(30)27-14(5-8-20-2)11-23-16(28)25-13/h13-15,19-21H,4-12H2,1-3H3,(H2,23,25,28)(H2,22,26,29)(H2,24,27,30). The summed E-state index contributed by atoms with van der Waals surface area (Å²) in [5.41, 5.74) is 0. The lowest BCUT2D eigenvalue weighted by molar-refractivity contribution is 0.228. The molecule has 1 heterocycles. The van der Waals surface area contributed by atoms with Gasteiger partial charge in [0.15, 0.2) is 0 Å². The average Bonchev–Trinajstić information content (AvgIpc) is 2.73. The highest BCUT2D eigenvalue weighted by Crippen LogP contribution is 1.95. The third-order valence-electron chi connectivity index (χ3n) is 4.76. The summed E-state index contributed by atoms with van der Waals surface area (Å²) in [6.07, 6.45) is 1.98. The van der Waals surface area contributed by atoms with Crippen molar-refractivity contribution < 1.29 is 14.4 Å². The summed E-state index contributed by atoms with van der Waals surface area (Å²) in [5.74, 6) is 0. The summed E-state index contributed by atoms with van der Waals surface area (Å²) in [4.78, 5) is 37.0. The Balaban J connectivity index is 2.85. The summed E-state index contributed by atoms with van der Waals surface area (Å²) in [7, 11) is 5.50. The van der Waals surface area contributed by atoms with E-state index in [1.54, 1.807) is 0 Å². The minimum Gasteiger partial charge on any atom is -0.336 e. The quantitative estimate of drug-likeness (QED) is 0.203. The Hall–Kier alpha value is -2.31. The van der Waals surface area contributed by atoms with Crippen LogP contribution in [0, 0.1) is 0 Å². The lowest BCUT2D eigenvalue weighted by atomic mass is 10.2. The molecule has 0 spiro atoms. The molecule has 1 saturated heterocycles. The van der Waals surface area contributed by atoms with Crippen LogP contribution in [0.3, 0.4) is 0 Å². The maximum Gasteiger partial charge on any atom is 0.315 e. The summed E-state index contributed by atoms with van der Waals surface area (Å²) in [6, 6.07) is -1.70. The molecule has 0 aromatic carbocycles. The molecule has 174 valence electrons. The highest BCUT2D eigenvalue weighted by molar-refractivity contribution is 5.77. The summed E-state index contributed by atoms with van der Waals surface area (Å²) < 4.78 is 0. The second-order valence-electron chi connectivity index (χ2n) is 7.33. The molecule has 1 aliphatic rings. The molecule has 3 unspecified atom stereocenters. The molecule has 6 amide bonds. The summed E-state index contributed by atoms with van der Waals surface area (Å²) in [6.45, 7) is 2.99. The van der Waals surface area contributed by atoms with Crippen molar-refractivity contribution in [1.82, 2.24) is 47.9 Å². The van der Waals surface area contributed by atoms with E-state index in [9.17, 15) is 14.4 Å². The Kier molecular flexibility index (Phi) is 13.3. The topological polar surface area (TPSA) is 159 Å². The molecule has 12 heteroatoms. The van der Waals surface area contributed by atoms with Crippen molar-refractivity contribution in [1.29, 1.82) is 0 Å². The molecule has 0 aromatic rings. The van der Waals surface area contributed by atoms with Crippen LogP contribution in [0.5, 0.6) is 0 Å². The minimum absolute atomic E-state index is 0.229. The predicted molar refractivity (Wildman–Crippen MR) is 117 cm³/mol. The molecule has 0 bridgehead atoms. The van der Waals surface area contributed by atoms with Crippen LogP contribution in [-0.4, -0.2) is 96.6 Å².